The molecule has 25 heavy (non-hydrogen) atoms. The number of rotatable bonds is 6. The zero-order chi connectivity index (χ0) is 17.6. The third kappa shape index (κ3) is 4.80. The van der Waals surface area contributed by atoms with Crippen LogP contribution in [0.3, 0.4) is 0 Å². The number of ether oxygens (including phenoxy) is 2. The van der Waals surface area contributed by atoms with E-state index in [1.165, 1.54) is 5.56 Å². The largest absolute Gasteiger partial charge is 0.497 e. The highest BCUT2D eigenvalue weighted by atomic mass is 16.5. The summed E-state index contributed by atoms with van der Waals surface area (Å²) >= 11 is 0. The molecule has 0 unspecified atom stereocenters. The van der Waals surface area contributed by atoms with Crippen molar-refractivity contribution in [3.8, 4) is 5.75 Å². The molecule has 4 nitrogen and oxygen atoms in total. The lowest BCUT2D eigenvalue weighted by Gasteiger charge is -2.38. The molecule has 1 aliphatic rings. The Kier molecular flexibility index (Phi) is 6.05. The summed E-state index contributed by atoms with van der Waals surface area (Å²) < 4.78 is 11.0. The Balaban J connectivity index is 1.65. The molecule has 2 aromatic rings. The molecule has 134 valence electrons. The molecule has 0 aliphatic carbocycles. The van der Waals surface area contributed by atoms with Crippen LogP contribution < -0.4 is 4.74 Å². The number of nitrogens with zero attached hydrogens (tertiary/aromatic N) is 2. The Bertz CT molecular complexity index is 672. The second-order valence-electron chi connectivity index (χ2n) is 6.88. The van der Waals surface area contributed by atoms with Gasteiger partial charge in [-0.05, 0) is 49.6 Å². The average molecular weight is 340 g/mol. The van der Waals surface area contributed by atoms with Gasteiger partial charge in [0.2, 0.25) is 0 Å². The van der Waals surface area contributed by atoms with E-state index in [-0.39, 0.29) is 0 Å². The van der Waals surface area contributed by atoms with Crippen molar-refractivity contribution in [2.24, 2.45) is 5.92 Å². The number of pyridine rings is 1. The topological polar surface area (TPSA) is 34.6 Å². The van der Waals surface area contributed by atoms with Crippen LogP contribution in [0.1, 0.15) is 23.4 Å². The minimum Gasteiger partial charge on any atom is -0.497 e. The lowest BCUT2D eigenvalue weighted by molar-refractivity contribution is -0.00878. The molecule has 0 radical (unpaired) electrons. The number of aromatic nitrogens is 1. The molecule has 1 fully saturated rings. The molecule has 0 spiro atoms. The van der Waals surface area contributed by atoms with Crippen LogP contribution in [0.2, 0.25) is 0 Å². The van der Waals surface area contributed by atoms with Crippen molar-refractivity contribution in [1.29, 1.82) is 0 Å². The van der Waals surface area contributed by atoms with Crippen molar-refractivity contribution >= 4 is 0 Å². The van der Waals surface area contributed by atoms with E-state index in [0.29, 0.717) is 12.0 Å². The first-order chi connectivity index (χ1) is 12.2. The standard InChI is InChI=1S/C21H28N2O2/c1-16-5-4-6-19(22-16)15-23-12-11-21(25-3)18(14-23)13-17-7-9-20(24-2)10-8-17/h4-10,18,21H,11-15H2,1-3H3/t18-,21+/m1/s1. The first-order valence-corrected chi connectivity index (χ1v) is 8.98. The summed E-state index contributed by atoms with van der Waals surface area (Å²) in [4.78, 5) is 7.15. The van der Waals surface area contributed by atoms with Crippen molar-refractivity contribution in [3.05, 3.63) is 59.4 Å². The molecule has 1 saturated heterocycles. The fourth-order valence-electron chi connectivity index (χ4n) is 3.72. The number of methoxy groups -OCH3 is 2. The highest BCUT2D eigenvalue weighted by Crippen LogP contribution is 2.25. The molecular formula is C21H28N2O2. The van der Waals surface area contributed by atoms with Gasteiger partial charge in [-0.15, -0.1) is 0 Å². The van der Waals surface area contributed by atoms with E-state index in [9.17, 15) is 0 Å². The number of aryl methyl sites for hydroxylation is 1. The average Bonchev–Trinajstić information content (AvgIpc) is 2.63. The Morgan fingerprint density at radius 2 is 1.92 bits per heavy atom. The molecule has 1 aromatic carbocycles. The van der Waals surface area contributed by atoms with Gasteiger partial charge in [0.05, 0.1) is 18.9 Å². The zero-order valence-corrected chi connectivity index (χ0v) is 15.4. The normalized spacial score (nSPS) is 21.2. The van der Waals surface area contributed by atoms with Gasteiger partial charge in [-0.3, -0.25) is 9.88 Å². The van der Waals surface area contributed by atoms with E-state index in [1.807, 2.05) is 32.2 Å². The first kappa shape index (κ1) is 17.9. The summed E-state index contributed by atoms with van der Waals surface area (Å²) in [7, 11) is 3.54. The monoisotopic (exact) mass is 340 g/mol. The van der Waals surface area contributed by atoms with Gasteiger partial charge in [-0.2, -0.15) is 0 Å². The molecule has 1 aliphatic heterocycles. The molecule has 0 bridgehead atoms. The van der Waals surface area contributed by atoms with Gasteiger partial charge in [0, 0.05) is 38.4 Å². The smallest absolute Gasteiger partial charge is 0.118 e. The number of piperidine rings is 1. The van der Waals surface area contributed by atoms with E-state index in [2.05, 4.69) is 34.1 Å². The van der Waals surface area contributed by atoms with Gasteiger partial charge in [-0.1, -0.05) is 18.2 Å². The Morgan fingerprint density at radius 1 is 1.12 bits per heavy atom. The van der Waals surface area contributed by atoms with Crippen LogP contribution in [-0.2, 0) is 17.7 Å². The van der Waals surface area contributed by atoms with Crippen LogP contribution in [0, 0.1) is 12.8 Å². The number of hydrogen-bond acceptors (Lipinski definition) is 4. The Labute approximate surface area is 150 Å². The summed E-state index contributed by atoms with van der Waals surface area (Å²) in [5, 5.41) is 0. The van der Waals surface area contributed by atoms with Crippen LogP contribution in [0.15, 0.2) is 42.5 Å². The van der Waals surface area contributed by atoms with Gasteiger partial charge >= 0.3 is 0 Å². The molecule has 4 heteroatoms. The molecule has 2 atom stereocenters. The predicted molar refractivity (Wildman–Crippen MR) is 99.9 cm³/mol. The number of hydrogen-bond donors (Lipinski definition) is 0. The Morgan fingerprint density at radius 3 is 2.60 bits per heavy atom. The second-order valence-corrected chi connectivity index (χ2v) is 6.88. The fraction of sp³-hybridized carbons (Fsp3) is 0.476. The summed E-state index contributed by atoms with van der Waals surface area (Å²) in [5.74, 6) is 1.40. The molecule has 1 aromatic heterocycles. The van der Waals surface area contributed by atoms with E-state index < -0.39 is 0 Å². The van der Waals surface area contributed by atoms with Gasteiger partial charge in [0.25, 0.3) is 0 Å². The van der Waals surface area contributed by atoms with Gasteiger partial charge in [0.15, 0.2) is 0 Å². The van der Waals surface area contributed by atoms with Gasteiger partial charge in [0.1, 0.15) is 5.75 Å². The van der Waals surface area contributed by atoms with Gasteiger partial charge < -0.3 is 9.47 Å². The number of benzene rings is 1. The summed E-state index contributed by atoms with van der Waals surface area (Å²) in [5.41, 5.74) is 3.57. The predicted octanol–water partition coefficient (Wildman–Crippen LogP) is 3.48. The molecule has 0 saturated carbocycles. The number of likely N-dealkylation sites (tertiary alicyclic amines) is 1. The SMILES string of the molecule is COc1ccc(C[C@@H]2CN(Cc3cccc(C)n3)CC[C@@H]2OC)cc1. The van der Waals surface area contributed by atoms with E-state index in [1.54, 1.807) is 7.11 Å². The highest BCUT2D eigenvalue weighted by Gasteiger charge is 2.29. The van der Waals surface area contributed by atoms with Crippen molar-refractivity contribution in [2.75, 3.05) is 27.3 Å². The third-order valence-electron chi connectivity index (χ3n) is 5.04. The maximum Gasteiger partial charge on any atom is 0.118 e. The van der Waals surface area contributed by atoms with Crippen LogP contribution in [0.25, 0.3) is 0 Å². The van der Waals surface area contributed by atoms with Gasteiger partial charge in [-0.25, -0.2) is 0 Å². The highest BCUT2D eigenvalue weighted by molar-refractivity contribution is 5.27. The lowest BCUT2D eigenvalue weighted by Crippen LogP contribution is -2.44. The van der Waals surface area contributed by atoms with Crippen molar-refractivity contribution in [2.45, 2.75) is 32.4 Å². The van der Waals surface area contributed by atoms with Crippen molar-refractivity contribution in [1.82, 2.24) is 9.88 Å². The van der Waals surface area contributed by atoms with E-state index in [4.69, 9.17) is 9.47 Å². The zero-order valence-electron chi connectivity index (χ0n) is 15.4. The molecular weight excluding hydrogens is 312 g/mol. The maximum atomic E-state index is 5.77. The maximum absolute atomic E-state index is 5.77. The van der Waals surface area contributed by atoms with Crippen LogP contribution in [0.5, 0.6) is 5.75 Å². The minimum absolute atomic E-state index is 0.323. The van der Waals surface area contributed by atoms with E-state index >= 15 is 0 Å². The fourth-order valence-corrected chi connectivity index (χ4v) is 3.72. The molecule has 2 heterocycles. The Hall–Kier alpha value is -1.91. The lowest BCUT2D eigenvalue weighted by atomic mass is 9.88. The van der Waals surface area contributed by atoms with E-state index in [0.717, 1.165) is 49.6 Å². The molecule has 0 N–H and O–H groups in total. The van der Waals surface area contributed by atoms with Crippen molar-refractivity contribution in [3.63, 3.8) is 0 Å². The minimum atomic E-state index is 0.323. The summed E-state index contributed by atoms with van der Waals surface area (Å²) in [6.07, 6.45) is 2.42. The first-order valence-electron chi connectivity index (χ1n) is 8.98. The van der Waals surface area contributed by atoms with Crippen LogP contribution >= 0.6 is 0 Å². The third-order valence-corrected chi connectivity index (χ3v) is 5.04. The summed E-state index contributed by atoms with van der Waals surface area (Å²) in [6.45, 7) is 5.07. The summed E-state index contributed by atoms with van der Waals surface area (Å²) in [6, 6.07) is 14.7. The van der Waals surface area contributed by atoms with Crippen LogP contribution in [-0.4, -0.2) is 43.3 Å². The molecule has 3 rings (SSSR count). The van der Waals surface area contributed by atoms with Crippen LogP contribution in [0.4, 0.5) is 0 Å². The van der Waals surface area contributed by atoms with Crippen molar-refractivity contribution < 1.29 is 9.47 Å². The quantitative estimate of drug-likeness (QED) is 0.806. The molecule has 0 amide bonds. The second kappa shape index (κ2) is 8.45.